The fourth-order valence-corrected chi connectivity index (χ4v) is 4.49. The van der Waals surface area contributed by atoms with Gasteiger partial charge in [-0.3, -0.25) is 4.79 Å². The summed E-state index contributed by atoms with van der Waals surface area (Å²) in [6.45, 7) is 0.935. The number of ether oxygens (including phenoxy) is 1. The number of fused-ring (bicyclic) bond motifs is 1. The van der Waals surface area contributed by atoms with E-state index in [9.17, 15) is 4.79 Å². The first-order valence-corrected chi connectivity index (χ1v) is 11.3. The second-order valence-electron chi connectivity index (χ2n) is 7.33. The van der Waals surface area contributed by atoms with E-state index in [4.69, 9.17) is 4.74 Å². The number of nitrogens with zero attached hydrogens (tertiary/aromatic N) is 3. The summed E-state index contributed by atoms with van der Waals surface area (Å²) in [5.41, 5.74) is 2.05. The molecule has 0 aliphatic carbocycles. The number of benzene rings is 2. The minimum Gasteiger partial charge on any atom is -0.497 e. The number of hydrogen-bond donors (Lipinski definition) is 1. The molecule has 30 heavy (non-hydrogen) atoms. The van der Waals surface area contributed by atoms with Gasteiger partial charge in [0.2, 0.25) is 5.91 Å². The lowest BCUT2D eigenvalue weighted by Crippen LogP contribution is -2.30. The van der Waals surface area contributed by atoms with Crippen LogP contribution in [-0.2, 0) is 17.8 Å². The molecule has 0 saturated carbocycles. The minimum absolute atomic E-state index is 0.0318. The Bertz CT molecular complexity index is 973. The largest absolute Gasteiger partial charge is 0.497 e. The van der Waals surface area contributed by atoms with E-state index in [1.165, 1.54) is 18.2 Å². The number of aryl methyl sites for hydroxylation is 1. The van der Waals surface area contributed by atoms with Crippen LogP contribution in [0.2, 0.25) is 0 Å². The van der Waals surface area contributed by atoms with Crippen molar-refractivity contribution in [3.8, 4) is 5.75 Å². The van der Waals surface area contributed by atoms with Crippen molar-refractivity contribution in [1.29, 1.82) is 0 Å². The van der Waals surface area contributed by atoms with Gasteiger partial charge in [-0.05, 0) is 36.1 Å². The van der Waals surface area contributed by atoms with Gasteiger partial charge in [0.1, 0.15) is 11.6 Å². The van der Waals surface area contributed by atoms with E-state index >= 15 is 0 Å². The summed E-state index contributed by atoms with van der Waals surface area (Å²) in [6.07, 6.45) is 4.48. The first kappa shape index (κ1) is 20.5. The number of carbonyl (C=O) groups is 1. The van der Waals surface area contributed by atoms with Crippen molar-refractivity contribution in [1.82, 2.24) is 20.1 Å². The molecule has 0 unspecified atom stereocenters. The Morgan fingerprint density at radius 3 is 2.60 bits per heavy atom. The molecule has 0 spiro atoms. The second kappa shape index (κ2) is 9.80. The molecule has 2 aromatic carbocycles. The highest BCUT2D eigenvalue weighted by Gasteiger charge is 2.19. The molecule has 0 bridgehead atoms. The van der Waals surface area contributed by atoms with Crippen molar-refractivity contribution >= 4 is 17.7 Å². The number of carbonyl (C=O) groups excluding carboxylic acids is 1. The zero-order valence-corrected chi connectivity index (χ0v) is 17.9. The van der Waals surface area contributed by atoms with E-state index in [2.05, 4.69) is 20.1 Å². The molecule has 2 heterocycles. The first-order chi connectivity index (χ1) is 14.7. The summed E-state index contributed by atoms with van der Waals surface area (Å²) in [5.74, 6) is 2.10. The molecule has 3 aromatic rings. The molecule has 1 amide bonds. The summed E-state index contributed by atoms with van der Waals surface area (Å²) >= 11 is 1.45. The maximum atomic E-state index is 12.8. The van der Waals surface area contributed by atoms with E-state index in [-0.39, 0.29) is 11.9 Å². The van der Waals surface area contributed by atoms with Gasteiger partial charge in [-0.2, -0.15) is 0 Å². The van der Waals surface area contributed by atoms with Crippen LogP contribution in [0.4, 0.5) is 0 Å². The van der Waals surface area contributed by atoms with Crippen LogP contribution in [-0.4, -0.2) is 33.5 Å². The molecule has 0 saturated heterocycles. The standard InChI is InChI=1S/C23H26N4O2S/c1-29-19-13-11-18(12-14-19)22(17-8-4-2-5-9-17)24-21(28)16-30-23-26-25-20-10-6-3-7-15-27(20)23/h2,4-5,8-9,11-14,22H,3,6-7,10,15-16H2,1H3,(H,24,28)/t22-/m1/s1. The highest BCUT2D eigenvalue weighted by atomic mass is 32.2. The van der Waals surface area contributed by atoms with Crippen molar-refractivity contribution in [3.05, 3.63) is 71.5 Å². The molecule has 4 rings (SSSR count). The third-order valence-electron chi connectivity index (χ3n) is 5.30. The molecule has 1 aliphatic rings. The van der Waals surface area contributed by atoms with Gasteiger partial charge in [-0.1, -0.05) is 60.6 Å². The number of rotatable bonds is 7. The number of nitrogens with one attached hydrogen (secondary N) is 1. The summed E-state index contributed by atoms with van der Waals surface area (Å²) in [5, 5.41) is 12.6. The number of hydrogen-bond acceptors (Lipinski definition) is 5. The van der Waals surface area contributed by atoms with Gasteiger partial charge in [0, 0.05) is 13.0 Å². The molecule has 1 N–H and O–H groups in total. The van der Waals surface area contributed by atoms with Gasteiger partial charge in [-0.25, -0.2) is 0 Å². The highest BCUT2D eigenvalue weighted by molar-refractivity contribution is 7.99. The van der Waals surface area contributed by atoms with Crippen LogP contribution in [0.15, 0.2) is 59.8 Å². The number of aromatic nitrogens is 3. The Labute approximate surface area is 181 Å². The maximum absolute atomic E-state index is 12.8. The zero-order valence-electron chi connectivity index (χ0n) is 17.1. The van der Waals surface area contributed by atoms with Gasteiger partial charge < -0.3 is 14.6 Å². The summed E-state index contributed by atoms with van der Waals surface area (Å²) in [4.78, 5) is 12.8. The first-order valence-electron chi connectivity index (χ1n) is 10.3. The smallest absolute Gasteiger partial charge is 0.231 e. The molecule has 1 aromatic heterocycles. The zero-order chi connectivity index (χ0) is 20.8. The van der Waals surface area contributed by atoms with Gasteiger partial charge >= 0.3 is 0 Å². The Balaban J connectivity index is 1.46. The molecule has 0 radical (unpaired) electrons. The van der Waals surface area contributed by atoms with E-state index in [1.54, 1.807) is 7.11 Å². The SMILES string of the molecule is COc1ccc([C@H](NC(=O)CSc2nnc3n2CCCCC3)c2ccccc2)cc1. The van der Waals surface area contributed by atoms with Crippen LogP contribution in [0.5, 0.6) is 5.75 Å². The molecular formula is C23H26N4O2S. The average Bonchev–Trinajstić information content (AvgIpc) is 3.02. The van der Waals surface area contributed by atoms with Crippen molar-refractivity contribution in [2.75, 3.05) is 12.9 Å². The lowest BCUT2D eigenvalue weighted by Gasteiger charge is -2.20. The van der Waals surface area contributed by atoms with Gasteiger partial charge in [0.25, 0.3) is 0 Å². The summed E-state index contributed by atoms with van der Waals surface area (Å²) in [7, 11) is 1.65. The van der Waals surface area contributed by atoms with Gasteiger partial charge in [0.05, 0.1) is 18.9 Å². The number of methoxy groups -OCH3 is 1. The summed E-state index contributed by atoms with van der Waals surface area (Å²) in [6, 6.07) is 17.6. The van der Waals surface area contributed by atoms with E-state index in [0.29, 0.717) is 5.75 Å². The number of amides is 1. The fraction of sp³-hybridized carbons (Fsp3) is 0.348. The Kier molecular flexibility index (Phi) is 6.69. The fourth-order valence-electron chi connectivity index (χ4n) is 3.70. The van der Waals surface area contributed by atoms with Crippen molar-refractivity contribution in [2.24, 2.45) is 0 Å². The normalized spacial score (nSPS) is 14.4. The van der Waals surface area contributed by atoms with Crippen LogP contribution in [0.3, 0.4) is 0 Å². The van der Waals surface area contributed by atoms with Gasteiger partial charge in [-0.15, -0.1) is 10.2 Å². The summed E-state index contributed by atoms with van der Waals surface area (Å²) < 4.78 is 7.43. The van der Waals surface area contributed by atoms with Crippen molar-refractivity contribution in [2.45, 2.75) is 43.4 Å². The van der Waals surface area contributed by atoms with E-state index in [1.807, 2.05) is 54.6 Å². The predicted molar refractivity (Wildman–Crippen MR) is 118 cm³/mol. The van der Waals surface area contributed by atoms with Crippen molar-refractivity contribution < 1.29 is 9.53 Å². The molecule has 1 atom stereocenters. The molecule has 0 fully saturated rings. The van der Waals surface area contributed by atoms with Crippen LogP contribution in [0.25, 0.3) is 0 Å². The number of thioether (sulfide) groups is 1. The van der Waals surface area contributed by atoms with Crippen LogP contribution in [0, 0.1) is 0 Å². The van der Waals surface area contributed by atoms with Crippen LogP contribution in [0.1, 0.15) is 42.3 Å². The molecule has 7 heteroatoms. The van der Waals surface area contributed by atoms with E-state index in [0.717, 1.165) is 53.7 Å². The highest BCUT2D eigenvalue weighted by Crippen LogP contribution is 2.25. The maximum Gasteiger partial charge on any atom is 0.231 e. The molecular weight excluding hydrogens is 396 g/mol. The Morgan fingerprint density at radius 2 is 1.83 bits per heavy atom. The minimum atomic E-state index is -0.222. The van der Waals surface area contributed by atoms with Crippen molar-refractivity contribution in [3.63, 3.8) is 0 Å². The van der Waals surface area contributed by atoms with E-state index < -0.39 is 0 Å². The average molecular weight is 423 g/mol. The quantitative estimate of drug-likeness (QED) is 0.583. The Morgan fingerprint density at radius 1 is 1.07 bits per heavy atom. The lowest BCUT2D eigenvalue weighted by atomic mass is 9.98. The van der Waals surface area contributed by atoms with Crippen LogP contribution < -0.4 is 10.1 Å². The molecule has 1 aliphatic heterocycles. The lowest BCUT2D eigenvalue weighted by molar-refractivity contribution is -0.119. The molecule has 6 nitrogen and oxygen atoms in total. The monoisotopic (exact) mass is 422 g/mol. The topological polar surface area (TPSA) is 69.0 Å². The van der Waals surface area contributed by atoms with Gasteiger partial charge in [0.15, 0.2) is 5.16 Å². The van der Waals surface area contributed by atoms with Crippen LogP contribution >= 0.6 is 11.8 Å². The molecule has 156 valence electrons. The second-order valence-corrected chi connectivity index (χ2v) is 8.28. The third kappa shape index (κ3) is 4.84. The predicted octanol–water partition coefficient (Wildman–Crippen LogP) is 4.01. The Hall–Kier alpha value is -2.80. The third-order valence-corrected chi connectivity index (χ3v) is 6.26.